The van der Waals surface area contributed by atoms with Crippen LogP contribution in [0.25, 0.3) is 33.1 Å². The van der Waals surface area contributed by atoms with Crippen LogP contribution >= 0.6 is 0 Å². The van der Waals surface area contributed by atoms with Gasteiger partial charge in [0.25, 0.3) is 0 Å². The van der Waals surface area contributed by atoms with Crippen molar-refractivity contribution in [2.45, 2.75) is 12.6 Å². The van der Waals surface area contributed by atoms with Crippen LogP contribution in [-0.2, 0) is 6.54 Å². The Labute approximate surface area is 245 Å². The molecule has 204 valence electrons. The molecule has 4 N–H and O–H groups in total. The minimum Gasteiger partial charge on any atom is -0.454 e. The number of hydrogen-bond donors (Lipinski definition) is 3. The number of anilines is 3. The largest absolute Gasteiger partial charge is 0.454 e. The van der Waals surface area contributed by atoms with Gasteiger partial charge >= 0.3 is 0 Å². The molecule has 6 aromatic carbocycles. The summed E-state index contributed by atoms with van der Waals surface area (Å²) >= 11 is 0. The van der Waals surface area contributed by atoms with E-state index in [9.17, 15) is 0 Å². The number of benzene rings is 6. The molecule has 1 unspecified atom stereocenters. The molecule has 0 spiro atoms. The Hall–Kier alpha value is -5.32. The van der Waals surface area contributed by atoms with Crippen LogP contribution in [0.4, 0.5) is 17.1 Å². The Balaban J connectivity index is 1.20. The molecule has 42 heavy (non-hydrogen) atoms. The molecule has 0 aliphatic carbocycles. The van der Waals surface area contributed by atoms with Crippen molar-refractivity contribution in [2.24, 2.45) is 5.73 Å². The fraction of sp³-hybridized carbons (Fsp3) is 0.0526. The molecular weight excluding hydrogens is 514 g/mol. The Morgan fingerprint density at radius 2 is 1.38 bits per heavy atom. The van der Waals surface area contributed by atoms with E-state index in [1.54, 1.807) is 0 Å². The first kappa shape index (κ1) is 25.6. The second-order valence-electron chi connectivity index (χ2n) is 10.5. The van der Waals surface area contributed by atoms with Crippen LogP contribution in [-0.4, -0.2) is 0 Å². The van der Waals surface area contributed by atoms with Crippen molar-refractivity contribution in [3.63, 3.8) is 0 Å². The summed E-state index contributed by atoms with van der Waals surface area (Å²) in [6.07, 6.45) is 0. The lowest BCUT2D eigenvalue weighted by atomic mass is 9.98. The maximum absolute atomic E-state index is 6.67. The van der Waals surface area contributed by atoms with Crippen molar-refractivity contribution in [3.8, 4) is 11.1 Å². The zero-order chi connectivity index (χ0) is 28.3. The highest BCUT2D eigenvalue weighted by Crippen LogP contribution is 2.41. The standard InChI is InChI=1S/C38H31N3O/c39-36(28-15-5-2-6-16-28)33-19-7-9-20-34(33)40-25-26-12-11-17-29(24-26)41-37-30(27-13-3-1-4-14-27)22-23-32-31-18-8-10-21-35(31)42-38(32)37/h1-24,36,40-41H,25,39H2. The summed E-state index contributed by atoms with van der Waals surface area (Å²) in [5.74, 6) is 0. The Morgan fingerprint density at radius 3 is 2.24 bits per heavy atom. The SMILES string of the molecule is NC(c1ccccc1)c1ccccc1NCc1cccc(Nc2c(-c3ccccc3)ccc3c2oc2ccccc23)c1. The number of para-hydroxylation sites is 2. The van der Waals surface area contributed by atoms with E-state index in [1.807, 2.05) is 48.5 Å². The fourth-order valence-electron chi connectivity index (χ4n) is 5.64. The van der Waals surface area contributed by atoms with Gasteiger partial charge in [0.1, 0.15) is 5.58 Å². The second kappa shape index (κ2) is 11.3. The van der Waals surface area contributed by atoms with Gasteiger partial charge in [0.15, 0.2) is 5.58 Å². The summed E-state index contributed by atoms with van der Waals surface area (Å²) in [6, 6.07) is 49.7. The molecule has 0 aliphatic rings. The van der Waals surface area contributed by atoms with Gasteiger partial charge < -0.3 is 20.8 Å². The summed E-state index contributed by atoms with van der Waals surface area (Å²) < 4.78 is 6.44. The van der Waals surface area contributed by atoms with Crippen molar-refractivity contribution < 1.29 is 4.42 Å². The molecule has 0 saturated carbocycles. The molecule has 0 aliphatic heterocycles. The van der Waals surface area contributed by atoms with Crippen LogP contribution in [0.2, 0.25) is 0 Å². The average molecular weight is 546 g/mol. The quantitative estimate of drug-likeness (QED) is 0.178. The van der Waals surface area contributed by atoms with Crippen molar-refractivity contribution >= 4 is 39.0 Å². The Kier molecular flexibility index (Phi) is 6.88. The summed E-state index contributed by atoms with van der Waals surface area (Å²) in [6.45, 7) is 0.661. The lowest BCUT2D eigenvalue weighted by Gasteiger charge is -2.18. The maximum Gasteiger partial charge on any atom is 0.159 e. The highest BCUT2D eigenvalue weighted by Gasteiger charge is 2.17. The van der Waals surface area contributed by atoms with Gasteiger partial charge in [0.2, 0.25) is 0 Å². The fourth-order valence-corrected chi connectivity index (χ4v) is 5.64. The Bertz CT molecular complexity index is 1980. The summed E-state index contributed by atoms with van der Waals surface area (Å²) in [7, 11) is 0. The maximum atomic E-state index is 6.67. The van der Waals surface area contributed by atoms with Crippen LogP contribution in [0.15, 0.2) is 150 Å². The van der Waals surface area contributed by atoms with Gasteiger partial charge in [-0.1, -0.05) is 115 Å². The third-order valence-corrected chi connectivity index (χ3v) is 7.77. The van der Waals surface area contributed by atoms with Crippen LogP contribution in [0.1, 0.15) is 22.7 Å². The molecule has 7 rings (SSSR count). The van der Waals surface area contributed by atoms with E-state index in [0.717, 1.165) is 66.8 Å². The second-order valence-corrected chi connectivity index (χ2v) is 10.5. The average Bonchev–Trinajstić information content (AvgIpc) is 3.44. The first-order chi connectivity index (χ1) is 20.7. The van der Waals surface area contributed by atoms with E-state index in [2.05, 4.69) is 108 Å². The number of fused-ring (bicyclic) bond motifs is 3. The van der Waals surface area contributed by atoms with E-state index in [1.165, 1.54) is 0 Å². The molecule has 1 aromatic heterocycles. The van der Waals surface area contributed by atoms with Crippen LogP contribution < -0.4 is 16.4 Å². The third kappa shape index (κ3) is 5.00. The summed E-state index contributed by atoms with van der Waals surface area (Å²) in [5.41, 5.74) is 16.9. The smallest absolute Gasteiger partial charge is 0.159 e. The minimum absolute atomic E-state index is 0.205. The molecular formula is C38H31N3O. The first-order valence-corrected chi connectivity index (χ1v) is 14.2. The van der Waals surface area contributed by atoms with Gasteiger partial charge in [-0.3, -0.25) is 0 Å². The minimum atomic E-state index is -0.205. The van der Waals surface area contributed by atoms with Crippen LogP contribution in [0.5, 0.6) is 0 Å². The highest BCUT2D eigenvalue weighted by atomic mass is 16.3. The van der Waals surface area contributed by atoms with Gasteiger partial charge in [0.05, 0.1) is 11.7 Å². The van der Waals surface area contributed by atoms with Gasteiger partial charge in [-0.05, 0) is 52.6 Å². The topological polar surface area (TPSA) is 63.2 Å². The lowest BCUT2D eigenvalue weighted by molar-refractivity contribution is 0.670. The number of nitrogens with one attached hydrogen (secondary N) is 2. The van der Waals surface area contributed by atoms with E-state index < -0.39 is 0 Å². The zero-order valence-corrected chi connectivity index (χ0v) is 23.1. The molecule has 0 radical (unpaired) electrons. The third-order valence-electron chi connectivity index (χ3n) is 7.77. The van der Waals surface area contributed by atoms with Crippen molar-refractivity contribution in [1.82, 2.24) is 0 Å². The molecule has 7 aromatic rings. The molecule has 0 amide bonds. The molecule has 1 atom stereocenters. The number of rotatable bonds is 8. The predicted molar refractivity (Wildman–Crippen MR) is 175 cm³/mol. The molecule has 0 bridgehead atoms. The monoisotopic (exact) mass is 545 g/mol. The summed E-state index contributed by atoms with van der Waals surface area (Å²) in [5, 5.41) is 9.56. The van der Waals surface area contributed by atoms with Gasteiger partial charge in [-0.2, -0.15) is 0 Å². The van der Waals surface area contributed by atoms with E-state index in [4.69, 9.17) is 10.2 Å². The van der Waals surface area contributed by atoms with Gasteiger partial charge in [-0.15, -0.1) is 0 Å². The number of hydrogen-bond acceptors (Lipinski definition) is 4. The van der Waals surface area contributed by atoms with Crippen LogP contribution in [0, 0.1) is 0 Å². The van der Waals surface area contributed by atoms with Crippen LogP contribution in [0.3, 0.4) is 0 Å². The lowest BCUT2D eigenvalue weighted by Crippen LogP contribution is -2.14. The van der Waals surface area contributed by atoms with Crippen molar-refractivity contribution in [2.75, 3.05) is 10.6 Å². The normalized spacial score (nSPS) is 11.9. The zero-order valence-electron chi connectivity index (χ0n) is 23.1. The first-order valence-electron chi connectivity index (χ1n) is 14.2. The molecule has 0 fully saturated rings. The van der Waals surface area contributed by atoms with E-state index in [-0.39, 0.29) is 6.04 Å². The predicted octanol–water partition coefficient (Wildman–Crippen LogP) is 9.66. The summed E-state index contributed by atoms with van der Waals surface area (Å²) in [4.78, 5) is 0. The number of furan rings is 1. The molecule has 4 nitrogen and oxygen atoms in total. The highest BCUT2D eigenvalue weighted by molar-refractivity contribution is 6.12. The molecule has 0 saturated heterocycles. The molecule has 4 heteroatoms. The number of nitrogens with two attached hydrogens (primary N) is 1. The van der Waals surface area contributed by atoms with Crippen molar-refractivity contribution in [1.29, 1.82) is 0 Å². The van der Waals surface area contributed by atoms with E-state index in [0.29, 0.717) is 6.54 Å². The Morgan fingerprint density at radius 1 is 0.643 bits per heavy atom. The molecule has 1 heterocycles. The van der Waals surface area contributed by atoms with Gasteiger partial charge in [-0.25, -0.2) is 0 Å². The van der Waals surface area contributed by atoms with Crippen molar-refractivity contribution in [3.05, 3.63) is 162 Å². The van der Waals surface area contributed by atoms with E-state index >= 15 is 0 Å². The van der Waals surface area contributed by atoms with Gasteiger partial charge in [0, 0.05) is 34.3 Å².